The number of aryl methyl sites for hydroxylation is 2. The number of benzene rings is 2. The first-order chi connectivity index (χ1) is 16.1. The Bertz CT molecular complexity index is 1100. The number of ether oxygens (including phenoxy) is 1. The van der Waals surface area contributed by atoms with Crippen molar-refractivity contribution < 1.29 is 22.7 Å². The van der Waals surface area contributed by atoms with E-state index < -0.39 is 11.7 Å². The molecule has 0 fully saturated rings. The lowest BCUT2D eigenvalue weighted by Crippen LogP contribution is -2.23. The third-order valence-electron chi connectivity index (χ3n) is 5.51. The minimum absolute atomic E-state index is 0.101. The number of nitrogens with zero attached hydrogens (tertiary/aromatic N) is 2. The zero-order valence-electron chi connectivity index (χ0n) is 19.9. The highest BCUT2D eigenvalue weighted by Crippen LogP contribution is 2.33. The summed E-state index contributed by atoms with van der Waals surface area (Å²) in [5, 5.41) is 6.77. The predicted molar refractivity (Wildman–Crippen MR) is 125 cm³/mol. The zero-order chi connectivity index (χ0) is 24.9. The van der Waals surface area contributed by atoms with Crippen molar-refractivity contribution in [2.45, 2.75) is 59.2 Å². The van der Waals surface area contributed by atoms with Crippen molar-refractivity contribution in [1.82, 2.24) is 15.1 Å². The number of aromatic nitrogens is 2. The summed E-state index contributed by atoms with van der Waals surface area (Å²) >= 11 is 0. The molecule has 0 unspecified atom stereocenters. The van der Waals surface area contributed by atoms with Crippen LogP contribution in [-0.2, 0) is 6.18 Å². The number of hydrogen-bond donors (Lipinski definition) is 1. The van der Waals surface area contributed by atoms with Crippen molar-refractivity contribution >= 4 is 5.91 Å². The van der Waals surface area contributed by atoms with Crippen molar-refractivity contribution in [2.24, 2.45) is 0 Å². The van der Waals surface area contributed by atoms with Gasteiger partial charge in [0.15, 0.2) is 0 Å². The van der Waals surface area contributed by atoms with Crippen LogP contribution in [0.4, 0.5) is 13.2 Å². The summed E-state index contributed by atoms with van der Waals surface area (Å²) in [7, 11) is 0. The summed E-state index contributed by atoms with van der Waals surface area (Å²) in [5.41, 5.74) is 2.87. The lowest BCUT2D eigenvalue weighted by Gasteiger charge is -2.21. The number of carbonyl (C=O) groups excluding carboxylic acids is 1. The van der Waals surface area contributed by atoms with E-state index in [1.807, 2.05) is 45.0 Å². The zero-order valence-corrected chi connectivity index (χ0v) is 19.9. The van der Waals surface area contributed by atoms with Crippen LogP contribution in [0.15, 0.2) is 48.8 Å². The molecule has 2 aromatic carbocycles. The fraction of sp³-hybridized carbons (Fsp3) is 0.385. The molecule has 3 rings (SSSR count). The van der Waals surface area contributed by atoms with Crippen LogP contribution < -0.4 is 10.1 Å². The van der Waals surface area contributed by atoms with Crippen LogP contribution in [0.5, 0.6) is 5.75 Å². The monoisotopic (exact) mass is 473 g/mol. The molecule has 5 nitrogen and oxygen atoms in total. The maximum Gasteiger partial charge on any atom is 0.419 e. The summed E-state index contributed by atoms with van der Waals surface area (Å²) in [6.07, 6.45) is -0.298. The second-order valence-corrected chi connectivity index (χ2v) is 8.35. The summed E-state index contributed by atoms with van der Waals surface area (Å²) in [6.45, 7) is 8.34. The van der Waals surface area contributed by atoms with E-state index in [0.717, 1.165) is 48.3 Å². The van der Waals surface area contributed by atoms with Crippen LogP contribution in [0, 0.1) is 13.8 Å². The van der Waals surface area contributed by atoms with Crippen molar-refractivity contribution in [3.05, 3.63) is 76.6 Å². The van der Waals surface area contributed by atoms with Gasteiger partial charge in [-0.1, -0.05) is 32.4 Å². The van der Waals surface area contributed by atoms with Gasteiger partial charge in [-0.2, -0.15) is 18.3 Å². The number of hydrogen-bond acceptors (Lipinski definition) is 3. The molecule has 1 N–H and O–H groups in total. The van der Waals surface area contributed by atoms with E-state index in [1.165, 1.54) is 4.68 Å². The highest BCUT2D eigenvalue weighted by Gasteiger charge is 2.32. The Labute approximate surface area is 197 Å². The standard InChI is InChI=1S/C26H30F3N3O2/c1-5-7-23(19-8-10-20(11-9-19)25(33)30-12-6-2)34-22-13-17(3)24(18(4)14-22)32-16-21(15-31-32)26(27,28)29/h8-11,13-16,23H,5-7,12H2,1-4H3,(H,30,33)/t23-/m1/s1. The highest BCUT2D eigenvalue weighted by molar-refractivity contribution is 5.94. The van der Waals surface area contributed by atoms with E-state index >= 15 is 0 Å². The minimum atomic E-state index is -4.44. The van der Waals surface area contributed by atoms with E-state index in [1.54, 1.807) is 12.1 Å². The average molecular weight is 474 g/mol. The molecular weight excluding hydrogens is 443 g/mol. The first kappa shape index (κ1) is 25.3. The summed E-state index contributed by atoms with van der Waals surface area (Å²) in [5.74, 6) is 0.528. The lowest BCUT2D eigenvalue weighted by atomic mass is 10.0. The maximum absolute atomic E-state index is 13.0. The van der Waals surface area contributed by atoms with Gasteiger partial charge in [-0.3, -0.25) is 4.79 Å². The first-order valence-electron chi connectivity index (χ1n) is 11.4. The molecule has 1 amide bonds. The van der Waals surface area contributed by atoms with Gasteiger partial charge in [0.2, 0.25) is 0 Å². The topological polar surface area (TPSA) is 56.1 Å². The number of rotatable bonds is 9. The number of amides is 1. The van der Waals surface area contributed by atoms with Gasteiger partial charge in [0, 0.05) is 18.3 Å². The van der Waals surface area contributed by atoms with Crippen LogP contribution in [0.1, 0.15) is 71.8 Å². The van der Waals surface area contributed by atoms with Crippen LogP contribution in [0.2, 0.25) is 0 Å². The van der Waals surface area contributed by atoms with Crippen molar-refractivity contribution in [1.29, 1.82) is 0 Å². The Morgan fingerprint density at radius 2 is 1.74 bits per heavy atom. The maximum atomic E-state index is 13.0. The summed E-state index contributed by atoms with van der Waals surface area (Å²) < 4.78 is 46.5. The summed E-state index contributed by atoms with van der Waals surface area (Å²) in [6, 6.07) is 11.0. The van der Waals surface area contributed by atoms with Crippen molar-refractivity contribution in [2.75, 3.05) is 6.54 Å². The Morgan fingerprint density at radius 1 is 1.09 bits per heavy atom. The fourth-order valence-corrected chi connectivity index (χ4v) is 3.85. The Hall–Kier alpha value is -3.29. The fourth-order valence-electron chi connectivity index (χ4n) is 3.85. The molecular formula is C26H30F3N3O2. The largest absolute Gasteiger partial charge is 0.486 e. The van der Waals surface area contributed by atoms with E-state index in [2.05, 4.69) is 17.3 Å². The van der Waals surface area contributed by atoms with Gasteiger partial charge >= 0.3 is 6.18 Å². The molecule has 34 heavy (non-hydrogen) atoms. The van der Waals surface area contributed by atoms with Gasteiger partial charge in [0.25, 0.3) is 5.91 Å². The Kier molecular flexibility index (Phi) is 8.02. The van der Waals surface area contributed by atoms with Gasteiger partial charge in [0.1, 0.15) is 11.9 Å². The minimum Gasteiger partial charge on any atom is -0.486 e. The normalized spacial score (nSPS) is 12.4. The van der Waals surface area contributed by atoms with E-state index in [0.29, 0.717) is 23.5 Å². The van der Waals surface area contributed by atoms with Gasteiger partial charge in [0.05, 0.1) is 17.4 Å². The number of alkyl halides is 3. The number of halogens is 3. The van der Waals surface area contributed by atoms with Gasteiger partial charge < -0.3 is 10.1 Å². The predicted octanol–water partition coefficient (Wildman–Crippen LogP) is 6.57. The van der Waals surface area contributed by atoms with Crippen LogP contribution in [0.25, 0.3) is 5.69 Å². The van der Waals surface area contributed by atoms with Crippen molar-refractivity contribution in [3.63, 3.8) is 0 Å². The molecule has 0 aliphatic carbocycles. The second-order valence-electron chi connectivity index (χ2n) is 8.35. The molecule has 1 atom stereocenters. The third-order valence-corrected chi connectivity index (χ3v) is 5.51. The molecule has 0 saturated carbocycles. The second kappa shape index (κ2) is 10.8. The molecule has 8 heteroatoms. The molecule has 0 aliphatic rings. The summed E-state index contributed by atoms with van der Waals surface area (Å²) in [4.78, 5) is 12.2. The third kappa shape index (κ3) is 5.98. The molecule has 0 spiro atoms. The number of carbonyl (C=O) groups is 1. The molecule has 1 aromatic heterocycles. The highest BCUT2D eigenvalue weighted by atomic mass is 19.4. The van der Waals surface area contributed by atoms with Gasteiger partial charge in [-0.25, -0.2) is 4.68 Å². The Balaban J connectivity index is 1.82. The van der Waals surface area contributed by atoms with Gasteiger partial charge in [-0.15, -0.1) is 0 Å². The molecule has 0 saturated heterocycles. The average Bonchev–Trinajstić information content (AvgIpc) is 3.27. The molecule has 0 aliphatic heterocycles. The molecule has 0 radical (unpaired) electrons. The quantitative estimate of drug-likeness (QED) is 0.383. The molecule has 0 bridgehead atoms. The first-order valence-corrected chi connectivity index (χ1v) is 11.4. The SMILES string of the molecule is CCCNC(=O)c1ccc([C@@H](CCC)Oc2cc(C)c(-n3cc(C(F)(F)F)cn3)c(C)c2)cc1. The number of nitrogens with one attached hydrogen (secondary N) is 1. The van der Waals surface area contributed by atoms with E-state index in [-0.39, 0.29) is 12.0 Å². The lowest BCUT2D eigenvalue weighted by molar-refractivity contribution is -0.137. The van der Waals surface area contributed by atoms with Gasteiger partial charge in [-0.05, 0) is 67.6 Å². The van der Waals surface area contributed by atoms with E-state index in [4.69, 9.17) is 4.74 Å². The van der Waals surface area contributed by atoms with Crippen LogP contribution in [-0.4, -0.2) is 22.2 Å². The molecule has 182 valence electrons. The molecule has 1 heterocycles. The Morgan fingerprint density at radius 3 is 2.26 bits per heavy atom. The van der Waals surface area contributed by atoms with Crippen LogP contribution >= 0.6 is 0 Å². The smallest absolute Gasteiger partial charge is 0.419 e. The van der Waals surface area contributed by atoms with Crippen molar-refractivity contribution in [3.8, 4) is 11.4 Å². The molecule has 3 aromatic rings. The van der Waals surface area contributed by atoms with Crippen LogP contribution in [0.3, 0.4) is 0 Å². The van der Waals surface area contributed by atoms with E-state index in [9.17, 15) is 18.0 Å².